The summed E-state index contributed by atoms with van der Waals surface area (Å²) in [7, 11) is 0. The number of ether oxygens (including phenoxy) is 1. The highest BCUT2D eigenvalue weighted by Gasteiger charge is 2.31. The summed E-state index contributed by atoms with van der Waals surface area (Å²) in [4.78, 5) is 0. The number of benzene rings is 2. The van der Waals surface area contributed by atoms with E-state index >= 15 is 0 Å². The Morgan fingerprint density at radius 1 is 0.955 bits per heavy atom. The van der Waals surface area contributed by atoms with Crippen LogP contribution in [0, 0.1) is 0 Å². The quantitative estimate of drug-likeness (QED) is 0.751. The van der Waals surface area contributed by atoms with Gasteiger partial charge in [-0.25, -0.2) is 0 Å². The van der Waals surface area contributed by atoms with Gasteiger partial charge in [0.25, 0.3) is 0 Å². The second kappa shape index (κ2) is 5.67. The van der Waals surface area contributed by atoms with Crippen LogP contribution in [0.4, 0.5) is 13.2 Å². The Bertz CT molecular complexity index is 689. The maximum atomic E-state index is 12.8. The highest BCUT2D eigenvalue weighted by molar-refractivity contribution is 5.74. The molecule has 0 heterocycles. The van der Waals surface area contributed by atoms with Gasteiger partial charge in [0.15, 0.2) is 0 Å². The van der Waals surface area contributed by atoms with Gasteiger partial charge in [-0.3, -0.25) is 0 Å². The number of aryl methyl sites for hydroxylation is 2. The lowest BCUT2D eigenvalue weighted by atomic mass is 9.84. The minimum absolute atomic E-state index is 0.572. The minimum atomic E-state index is -4.28. The van der Waals surface area contributed by atoms with Crippen LogP contribution >= 0.6 is 0 Å². The van der Waals surface area contributed by atoms with Crippen LogP contribution in [0.15, 0.2) is 36.4 Å². The van der Waals surface area contributed by atoms with E-state index in [2.05, 4.69) is 0 Å². The first-order chi connectivity index (χ1) is 10.5. The highest BCUT2D eigenvalue weighted by Crippen LogP contribution is 2.38. The van der Waals surface area contributed by atoms with Crippen molar-refractivity contribution < 1.29 is 17.9 Å². The zero-order valence-electron chi connectivity index (χ0n) is 12.3. The smallest absolute Gasteiger partial charge is 0.416 e. The summed E-state index contributed by atoms with van der Waals surface area (Å²) in [6.45, 7) is 2.72. The fraction of sp³-hybridized carbons (Fsp3) is 0.333. The molecule has 1 nitrogen and oxygen atoms in total. The standard InChI is InChI=1S/C18H17F3O/c1-2-9-22-15-6-8-17-13(11-15)4-3-12-10-14(18(19,20)21)5-7-16(12)17/h5-8,10-11H,2-4,9H2,1H3. The zero-order valence-corrected chi connectivity index (χ0v) is 12.3. The molecule has 0 aliphatic heterocycles. The van der Waals surface area contributed by atoms with Gasteiger partial charge in [0, 0.05) is 0 Å². The van der Waals surface area contributed by atoms with Crippen LogP contribution in [0.5, 0.6) is 5.75 Å². The lowest BCUT2D eigenvalue weighted by Crippen LogP contribution is -2.09. The van der Waals surface area contributed by atoms with Gasteiger partial charge >= 0.3 is 6.18 Å². The van der Waals surface area contributed by atoms with Crippen LogP contribution in [-0.2, 0) is 19.0 Å². The van der Waals surface area contributed by atoms with Gasteiger partial charge in [-0.05, 0) is 65.8 Å². The van der Waals surface area contributed by atoms with Crippen molar-refractivity contribution in [3.05, 3.63) is 53.1 Å². The number of hydrogen-bond donors (Lipinski definition) is 0. The average molecular weight is 306 g/mol. The first-order valence-corrected chi connectivity index (χ1v) is 7.45. The molecule has 1 aliphatic rings. The van der Waals surface area contributed by atoms with Crippen LogP contribution in [0.2, 0.25) is 0 Å². The molecule has 0 aromatic heterocycles. The number of rotatable bonds is 3. The van der Waals surface area contributed by atoms with Gasteiger partial charge in [0.2, 0.25) is 0 Å². The number of halogens is 3. The Hall–Kier alpha value is -1.97. The molecule has 0 spiro atoms. The summed E-state index contributed by atoms with van der Waals surface area (Å²) in [5.74, 6) is 0.830. The molecular formula is C18H17F3O. The average Bonchev–Trinajstić information content (AvgIpc) is 2.51. The molecule has 1 aliphatic carbocycles. The minimum Gasteiger partial charge on any atom is -0.494 e. The Morgan fingerprint density at radius 2 is 1.59 bits per heavy atom. The third-order valence-corrected chi connectivity index (χ3v) is 3.94. The SMILES string of the molecule is CCCOc1ccc2c(c1)CCc1cc(C(F)(F)F)ccc1-2. The molecule has 0 N–H and O–H groups in total. The Labute approximate surface area is 127 Å². The molecule has 0 bridgehead atoms. The third kappa shape index (κ3) is 2.82. The second-order valence-electron chi connectivity index (χ2n) is 5.54. The summed E-state index contributed by atoms with van der Waals surface area (Å²) in [6.07, 6.45) is -1.97. The van der Waals surface area contributed by atoms with Gasteiger partial charge in [-0.15, -0.1) is 0 Å². The van der Waals surface area contributed by atoms with Crippen LogP contribution in [0.3, 0.4) is 0 Å². The zero-order chi connectivity index (χ0) is 15.7. The van der Waals surface area contributed by atoms with Crippen LogP contribution in [0.1, 0.15) is 30.0 Å². The Kier molecular flexibility index (Phi) is 3.85. The topological polar surface area (TPSA) is 9.23 Å². The largest absolute Gasteiger partial charge is 0.494 e. The van der Waals surface area contributed by atoms with Gasteiger partial charge in [-0.1, -0.05) is 19.1 Å². The molecule has 0 atom stereocenters. The second-order valence-corrected chi connectivity index (χ2v) is 5.54. The van der Waals surface area contributed by atoms with Crippen molar-refractivity contribution in [1.29, 1.82) is 0 Å². The first kappa shape index (κ1) is 14.9. The normalized spacial score (nSPS) is 13.5. The van der Waals surface area contributed by atoms with Gasteiger partial charge in [-0.2, -0.15) is 13.2 Å². The van der Waals surface area contributed by atoms with E-state index in [4.69, 9.17) is 4.74 Å². The van der Waals surface area contributed by atoms with Crippen molar-refractivity contribution >= 4 is 0 Å². The molecule has 4 heteroatoms. The van der Waals surface area contributed by atoms with E-state index < -0.39 is 11.7 Å². The highest BCUT2D eigenvalue weighted by atomic mass is 19.4. The number of alkyl halides is 3. The molecule has 116 valence electrons. The molecule has 22 heavy (non-hydrogen) atoms. The molecule has 0 unspecified atom stereocenters. The summed E-state index contributed by atoms with van der Waals surface area (Å²) >= 11 is 0. The molecule has 2 aromatic rings. The van der Waals surface area contributed by atoms with Crippen molar-refractivity contribution in [2.75, 3.05) is 6.61 Å². The van der Waals surface area contributed by atoms with Crippen molar-refractivity contribution in [1.82, 2.24) is 0 Å². The van der Waals surface area contributed by atoms with Crippen LogP contribution < -0.4 is 4.74 Å². The van der Waals surface area contributed by atoms with E-state index in [0.717, 1.165) is 46.9 Å². The van der Waals surface area contributed by atoms with Crippen LogP contribution in [-0.4, -0.2) is 6.61 Å². The van der Waals surface area contributed by atoms with Crippen molar-refractivity contribution in [2.24, 2.45) is 0 Å². The molecule has 0 amide bonds. The summed E-state index contributed by atoms with van der Waals surface area (Å²) in [5.41, 5.74) is 3.25. The summed E-state index contributed by atoms with van der Waals surface area (Å²) in [6, 6.07) is 9.87. The fourth-order valence-electron chi connectivity index (χ4n) is 2.86. The van der Waals surface area contributed by atoms with E-state index in [-0.39, 0.29) is 0 Å². The monoisotopic (exact) mass is 306 g/mol. The fourth-order valence-corrected chi connectivity index (χ4v) is 2.86. The predicted octanol–water partition coefficient (Wildman–Crippen LogP) is 5.26. The molecular weight excluding hydrogens is 289 g/mol. The molecule has 0 saturated carbocycles. The van der Waals surface area contributed by atoms with E-state index in [1.54, 1.807) is 6.07 Å². The number of fused-ring (bicyclic) bond motifs is 3. The first-order valence-electron chi connectivity index (χ1n) is 7.45. The maximum Gasteiger partial charge on any atom is 0.416 e. The van der Waals surface area contributed by atoms with E-state index in [9.17, 15) is 13.2 Å². The Morgan fingerprint density at radius 3 is 2.23 bits per heavy atom. The lowest BCUT2D eigenvalue weighted by molar-refractivity contribution is -0.137. The van der Waals surface area contributed by atoms with E-state index in [0.29, 0.717) is 13.0 Å². The Balaban J connectivity index is 1.96. The van der Waals surface area contributed by atoms with Gasteiger partial charge < -0.3 is 4.74 Å². The number of hydrogen-bond acceptors (Lipinski definition) is 1. The maximum absolute atomic E-state index is 12.8. The van der Waals surface area contributed by atoms with Gasteiger partial charge in [0.1, 0.15) is 5.75 Å². The van der Waals surface area contributed by atoms with Crippen LogP contribution in [0.25, 0.3) is 11.1 Å². The molecule has 0 radical (unpaired) electrons. The molecule has 3 rings (SSSR count). The lowest BCUT2D eigenvalue weighted by Gasteiger charge is -2.22. The van der Waals surface area contributed by atoms with Gasteiger partial charge in [0.05, 0.1) is 12.2 Å². The molecule has 2 aromatic carbocycles. The summed E-state index contributed by atoms with van der Waals surface area (Å²) < 4.78 is 44.0. The summed E-state index contributed by atoms with van der Waals surface area (Å²) in [5, 5.41) is 0. The third-order valence-electron chi connectivity index (χ3n) is 3.94. The van der Waals surface area contributed by atoms with Crippen molar-refractivity contribution in [3.8, 4) is 16.9 Å². The predicted molar refractivity (Wildman–Crippen MR) is 80.1 cm³/mol. The molecule has 0 fully saturated rings. The molecule has 0 saturated heterocycles. The van der Waals surface area contributed by atoms with E-state index in [1.165, 1.54) is 6.07 Å². The van der Waals surface area contributed by atoms with E-state index in [1.807, 2.05) is 25.1 Å². The van der Waals surface area contributed by atoms with Crippen molar-refractivity contribution in [3.63, 3.8) is 0 Å². The van der Waals surface area contributed by atoms with Crippen molar-refractivity contribution in [2.45, 2.75) is 32.4 Å².